The number of aliphatic carboxylic acids is 1. The summed E-state index contributed by atoms with van der Waals surface area (Å²) in [6, 6.07) is 10.6. The van der Waals surface area contributed by atoms with E-state index in [0.717, 1.165) is 11.1 Å². The van der Waals surface area contributed by atoms with Gasteiger partial charge in [0.1, 0.15) is 4.99 Å². The zero-order valence-electron chi connectivity index (χ0n) is 15.5. The first-order chi connectivity index (χ1) is 12.8. The molecule has 3 rings (SSSR count). The predicted molar refractivity (Wildman–Crippen MR) is 108 cm³/mol. The molecule has 0 saturated carbocycles. The molecule has 0 amide bonds. The van der Waals surface area contributed by atoms with Crippen LogP contribution in [0.15, 0.2) is 36.4 Å². The maximum atomic E-state index is 14.4. The van der Waals surface area contributed by atoms with Crippen molar-refractivity contribution in [2.24, 2.45) is 0 Å². The first kappa shape index (κ1) is 19.0. The van der Waals surface area contributed by atoms with Gasteiger partial charge in [0, 0.05) is 22.7 Å². The Balaban J connectivity index is 2.33. The van der Waals surface area contributed by atoms with E-state index >= 15 is 0 Å². The Kier molecular flexibility index (Phi) is 5.02. The summed E-state index contributed by atoms with van der Waals surface area (Å²) in [6.07, 6.45) is 0. The highest BCUT2D eigenvalue weighted by molar-refractivity contribution is 7.80. The van der Waals surface area contributed by atoms with Crippen molar-refractivity contribution >= 4 is 34.1 Å². The Labute approximate surface area is 162 Å². The third-order valence-electron chi connectivity index (χ3n) is 4.83. The Morgan fingerprint density at radius 2 is 1.85 bits per heavy atom. The number of ether oxygens (including phenoxy) is 1. The fourth-order valence-corrected chi connectivity index (χ4v) is 3.72. The van der Waals surface area contributed by atoms with Crippen LogP contribution < -0.4 is 4.74 Å². The van der Waals surface area contributed by atoms with E-state index in [2.05, 4.69) is 0 Å². The van der Waals surface area contributed by atoms with E-state index in [0.29, 0.717) is 27.1 Å². The lowest BCUT2D eigenvalue weighted by atomic mass is 9.98. The molecule has 1 heterocycles. The van der Waals surface area contributed by atoms with E-state index in [1.165, 1.54) is 13.2 Å². The number of carbonyl (C=O) groups is 1. The molecule has 3 aromatic rings. The standard InChI is InChI=1S/C21H20FNO3S/c1-11-5-7-14(8-6-11)20(27)23-13(3)19(12(2)21(24)25)15-9-18(26-4)16(22)10-17(15)23/h5-10,12H,1-4H3,(H,24,25). The van der Waals surface area contributed by atoms with Crippen LogP contribution in [-0.4, -0.2) is 27.7 Å². The van der Waals surface area contributed by atoms with Gasteiger partial charge in [-0.05, 0) is 32.4 Å². The molecule has 1 unspecified atom stereocenters. The molecule has 1 aromatic heterocycles. The molecule has 6 heteroatoms. The number of aromatic nitrogens is 1. The molecule has 0 aliphatic heterocycles. The monoisotopic (exact) mass is 385 g/mol. The highest BCUT2D eigenvalue weighted by atomic mass is 32.1. The molecular formula is C21H20FNO3S. The molecule has 0 aliphatic rings. The third-order valence-corrected chi connectivity index (χ3v) is 5.25. The Hall–Kier alpha value is -2.73. The topological polar surface area (TPSA) is 51.5 Å². The van der Waals surface area contributed by atoms with E-state index < -0.39 is 17.7 Å². The maximum Gasteiger partial charge on any atom is 0.310 e. The van der Waals surface area contributed by atoms with Gasteiger partial charge < -0.3 is 14.4 Å². The Morgan fingerprint density at radius 1 is 1.22 bits per heavy atom. The number of benzene rings is 2. The molecule has 1 N–H and O–H groups in total. The second-order valence-corrected chi connectivity index (χ2v) is 6.96. The van der Waals surface area contributed by atoms with Crippen LogP contribution in [0.2, 0.25) is 0 Å². The van der Waals surface area contributed by atoms with Gasteiger partial charge in [0.25, 0.3) is 0 Å². The number of rotatable bonds is 4. The van der Waals surface area contributed by atoms with Gasteiger partial charge in [-0.1, -0.05) is 42.0 Å². The largest absolute Gasteiger partial charge is 0.494 e. The number of nitrogens with zero attached hydrogens (tertiary/aromatic N) is 1. The van der Waals surface area contributed by atoms with Crippen molar-refractivity contribution in [1.29, 1.82) is 0 Å². The number of carboxylic acids is 1. The van der Waals surface area contributed by atoms with E-state index in [4.69, 9.17) is 17.0 Å². The fourth-order valence-electron chi connectivity index (χ4n) is 3.35. The number of methoxy groups -OCH3 is 1. The SMILES string of the molecule is COc1cc2c(C(C)C(=O)O)c(C)n(C(=S)c3ccc(C)cc3)c2cc1F. The Bertz CT molecular complexity index is 1050. The number of thiocarbonyl (C=S) groups is 1. The van der Waals surface area contributed by atoms with Crippen LogP contribution in [0.4, 0.5) is 4.39 Å². The zero-order chi connectivity index (χ0) is 19.9. The number of hydrogen-bond donors (Lipinski definition) is 1. The molecule has 4 nitrogen and oxygen atoms in total. The smallest absolute Gasteiger partial charge is 0.310 e. The summed E-state index contributed by atoms with van der Waals surface area (Å²) in [6.45, 7) is 5.40. The first-order valence-electron chi connectivity index (χ1n) is 8.48. The molecule has 2 aromatic carbocycles. The van der Waals surface area contributed by atoms with Gasteiger partial charge in [-0.25, -0.2) is 4.39 Å². The van der Waals surface area contributed by atoms with Crippen LogP contribution in [0.3, 0.4) is 0 Å². The second kappa shape index (κ2) is 7.12. The molecule has 140 valence electrons. The third kappa shape index (κ3) is 3.21. The van der Waals surface area contributed by atoms with Crippen molar-refractivity contribution in [2.75, 3.05) is 7.11 Å². The number of hydrogen-bond acceptors (Lipinski definition) is 3. The van der Waals surface area contributed by atoms with E-state index in [-0.39, 0.29) is 5.75 Å². The average molecular weight is 385 g/mol. The van der Waals surface area contributed by atoms with Crippen LogP contribution in [0.5, 0.6) is 5.75 Å². The van der Waals surface area contributed by atoms with Gasteiger partial charge in [-0.3, -0.25) is 4.79 Å². The molecule has 0 bridgehead atoms. The maximum absolute atomic E-state index is 14.4. The van der Waals surface area contributed by atoms with Gasteiger partial charge in [0.2, 0.25) is 0 Å². The Morgan fingerprint density at radius 3 is 2.41 bits per heavy atom. The molecular weight excluding hydrogens is 365 g/mol. The van der Waals surface area contributed by atoms with Gasteiger partial charge in [-0.15, -0.1) is 0 Å². The first-order valence-corrected chi connectivity index (χ1v) is 8.89. The van der Waals surface area contributed by atoms with Crippen LogP contribution >= 0.6 is 12.2 Å². The minimum atomic E-state index is -0.957. The van der Waals surface area contributed by atoms with Crippen LogP contribution in [0, 0.1) is 19.7 Å². The second-order valence-electron chi connectivity index (χ2n) is 6.57. The van der Waals surface area contributed by atoms with Crippen molar-refractivity contribution in [1.82, 2.24) is 4.57 Å². The summed E-state index contributed by atoms with van der Waals surface area (Å²) < 4.78 is 21.3. The number of aryl methyl sites for hydroxylation is 1. The number of halogens is 1. The van der Waals surface area contributed by atoms with E-state index in [1.54, 1.807) is 24.5 Å². The van der Waals surface area contributed by atoms with Crippen molar-refractivity contribution in [2.45, 2.75) is 26.7 Å². The summed E-state index contributed by atoms with van der Waals surface area (Å²) >= 11 is 5.68. The molecule has 1 atom stereocenters. The highest BCUT2D eigenvalue weighted by Gasteiger charge is 2.26. The highest BCUT2D eigenvalue weighted by Crippen LogP contribution is 2.36. The summed E-state index contributed by atoms with van der Waals surface area (Å²) in [5.74, 6) is -2.18. The minimum Gasteiger partial charge on any atom is -0.494 e. The van der Waals surface area contributed by atoms with Gasteiger partial charge >= 0.3 is 5.97 Å². The van der Waals surface area contributed by atoms with E-state index in [1.807, 2.05) is 31.2 Å². The molecule has 0 spiro atoms. The van der Waals surface area contributed by atoms with Crippen molar-refractivity contribution in [3.8, 4) is 5.75 Å². The van der Waals surface area contributed by atoms with E-state index in [9.17, 15) is 14.3 Å². The van der Waals surface area contributed by atoms with Crippen LogP contribution in [0.1, 0.15) is 35.2 Å². The minimum absolute atomic E-state index is 0.0692. The molecule has 0 saturated heterocycles. The summed E-state index contributed by atoms with van der Waals surface area (Å²) in [7, 11) is 1.38. The van der Waals surface area contributed by atoms with Crippen molar-refractivity contribution < 1.29 is 19.0 Å². The lowest BCUT2D eigenvalue weighted by molar-refractivity contribution is -0.138. The molecule has 0 aliphatic carbocycles. The van der Waals surface area contributed by atoms with Crippen LogP contribution in [0.25, 0.3) is 10.9 Å². The summed E-state index contributed by atoms with van der Waals surface area (Å²) in [5, 5.41) is 10.2. The molecule has 0 radical (unpaired) electrons. The molecule has 27 heavy (non-hydrogen) atoms. The number of carboxylic acid groups (broad SMARTS) is 1. The van der Waals surface area contributed by atoms with Crippen LogP contribution in [-0.2, 0) is 4.79 Å². The normalized spacial score (nSPS) is 12.2. The summed E-state index contributed by atoms with van der Waals surface area (Å²) in [5.41, 5.74) is 3.72. The zero-order valence-corrected chi connectivity index (χ0v) is 16.4. The lowest BCUT2D eigenvalue weighted by Gasteiger charge is -2.12. The number of fused-ring (bicyclic) bond motifs is 1. The molecule has 0 fully saturated rings. The van der Waals surface area contributed by atoms with Gasteiger partial charge in [0.15, 0.2) is 11.6 Å². The lowest BCUT2D eigenvalue weighted by Crippen LogP contribution is -2.14. The van der Waals surface area contributed by atoms with Gasteiger partial charge in [0.05, 0.1) is 18.5 Å². The van der Waals surface area contributed by atoms with Gasteiger partial charge in [-0.2, -0.15) is 0 Å². The van der Waals surface area contributed by atoms with Crippen molar-refractivity contribution in [3.05, 3.63) is 64.6 Å². The average Bonchev–Trinajstić information content (AvgIpc) is 2.91. The van der Waals surface area contributed by atoms with Crippen molar-refractivity contribution in [3.63, 3.8) is 0 Å². The fraction of sp³-hybridized carbons (Fsp3) is 0.238. The predicted octanol–water partition coefficient (Wildman–Crippen LogP) is 4.82. The summed E-state index contributed by atoms with van der Waals surface area (Å²) in [4.78, 5) is 12.1. The quantitative estimate of drug-likeness (QED) is 0.655.